The van der Waals surface area contributed by atoms with Crippen LogP contribution in [0.1, 0.15) is 14.6 Å². The third-order valence-electron chi connectivity index (χ3n) is 1.71. The summed E-state index contributed by atoms with van der Waals surface area (Å²) in [7, 11) is 0. The quantitative estimate of drug-likeness (QED) is 0.592. The molecule has 0 aliphatic heterocycles. The first-order chi connectivity index (χ1) is 6.68. The molecule has 0 aromatic carbocycles. The highest BCUT2D eigenvalue weighted by molar-refractivity contribution is 9.11. The van der Waals surface area contributed by atoms with E-state index in [1.807, 2.05) is 6.07 Å². The average Bonchev–Trinajstić information content (AvgIpc) is 2.76. The Balaban J connectivity index is 2.32. The predicted octanol–water partition coefficient (Wildman–Crippen LogP) is 5.71. The van der Waals surface area contributed by atoms with E-state index in [0.29, 0.717) is 0 Å². The third kappa shape index (κ3) is 2.25. The summed E-state index contributed by atoms with van der Waals surface area (Å²) in [6, 6.07) is 6.17. The highest BCUT2D eigenvalue weighted by Crippen LogP contribution is 2.42. The SMILES string of the molecule is Clc1cc(C(Br)c2cccs2)sc1Br. The lowest BCUT2D eigenvalue weighted by Crippen LogP contribution is -1.83. The number of alkyl halides is 1. The van der Waals surface area contributed by atoms with Crippen molar-refractivity contribution in [3.63, 3.8) is 0 Å². The van der Waals surface area contributed by atoms with E-state index in [0.717, 1.165) is 8.81 Å². The second-order valence-electron chi connectivity index (χ2n) is 2.65. The number of rotatable bonds is 2. The van der Waals surface area contributed by atoms with Crippen LogP contribution in [0.2, 0.25) is 5.02 Å². The van der Waals surface area contributed by atoms with Crippen LogP contribution in [0.4, 0.5) is 0 Å². The highest BCUT2D eigenvalue weighted by atomic mass is 79.9. The molecule has 2 aromatic heterocycles. The molecule has 0 bridgehead atoms. The second-order valence-corrected chi connectivity index (χ2v) is 7.35. The zero-order valence-corrected chi connectivity index (χ0v) is 12.4. The van der Waals surface area contributed by atoms with E-state index in [2.05, 4.69) is 49.4 Å². The second kappa shape index (κ2) is 4.66. The standard InChI is InChI=1S/C9H5Br2ClS2/c10-8(6-2-1-3-13-6)7-4-5(12)9(11)14-7/h1-4,8H. The van der Waals surface area contributed by atoms with Gasteiger partial charge in [0, 0.05) is 9.75 Å². The van der Waals surface area contributed by atoms with Crippen molar-refractivity contribution < 1.29 is 0 Å². The first kappa shape index (κ1) is 11.1. The summed E-state index contributed by atoms with van der Waals surface area (Å²) in [5, 5.41) is 2.86. The Morgan fingerprint density at radius 3 is 2.64 bits per heavy atom. The topological polar surface area (TPSA) is 0 Å². The smallest absolute Gasteiger partial charge is 0.0887 e. The molecule has 0 nitrogen and oxygen atoms in total. The number of hydrogen-bond donors (Lipinski definition) is 0. The first-order valence-corrected chi connectivity index (χ1v) is 7.59. The van der Waals surface area contributed by atoms with Crippen LogP contribution in [-0.2, 0) is 0 Å². The fourth-order valence-electron chi connectivity index (χ4n) is 1.06. The molecule has 0 fully saturated rings. The van der Waals surface area contributed by atoms with Crippen molar-refractivity contribution in [2.24, 2.45) is 0 Å². The van der Waals surface area contributed by atoms with Gasteiger partial charge in [-0.1, -0.05) is 33.6 Å². The molecule has 74 valence electrons. The van der Waals surface area contributed by atoms with E-state index in [-0.39, 0.29) is 4.83 Å². The summed E-state index contributed by atoms with van der Waals surface area (Å²) in [5.41, 5.74) is 0. The fraction of sp³-hybridized carbons (Fsp3) is 0.111. The number of hydrogen-bond acceptors (Lipinski definition) is 2. The van der Waals surface area contributed by atoms with E-state index in [9.17, 15) is 0 Å². The molecule has 1 atom stereocenters. The maximum atomic E-state index is 5.98. The molecule has 0 saturated carbocycles. The van der Waals surface area contributed by atoms with Crippen molar-refractivity contribution >= 4 is 66.1 Å². The Morgan fingerprint density at radius 1 is 1.36 bits per heavy atom. The predicted molar refractivity (Wildman–Crippen MR) is 72.1 cm³/mol. The molecule has 2 heterocycles. The summed E-state index contributed by atoms with van der Waals surface area (Å²) >= 11 is 16.5. The van der Waals surface area contributed by atoms with Crippen LogP contribution in [0.25, 0.3) is 0 Å². The largest absolute Gasteiger partial charge is 0.147 e. The van der Waals surface area contributed by atoms with E-state index in [4.69, 9.17) is 11.6 Å². The Morgan fingerprint density at radius 2 is 2.14 bits per heavy atom. The van der Waals surface area contributed by atoms with Gasteiger partial charge in [0.25, 0.3) is 0 Å². The molecule has 0 saturated heterocycles. The normalized spacial score (nSPS) is 13.1. The minimum absolute atomic E-state index is 0.260. The van der Waals surface area contributed by atoms with E-state index in [1.165, 1.54) is 9.75 Å². The molecule has 2 rings (SSSR count). The molecule has 0 aliphatic rings. The summed E-state index contributed by atoms with van der Waals surface area (Å²) in [5.74, 6) is 0. The molecular formula is C9H5Br2ClS2. The summed E-state index contributed by atoms with van der Waals surface area (Å²) in [6.45, 7) is 0. The molecular weight excluding hydrogens is 367 g/mol. The van der Waals surface area contributed by atoms with Gasteiger partial charge in [-0.2, -0.15) is 0 Å². The van der Waals surface area contributed by atoms with Gasteiger partial charge in [-0.15, -0.1) is 22.7 Å². The molecule has 0 N–H and O–H groups in total. The Kier molecular flexibility index (Phi) is 3.71. The number of halogens is 3. The third-order valence-corrected chi connectivity index (χ3v) is 6.78. The van der Waals surface area contributed by atoms with Crippen molar-refractivity contribution in [2.75, 3.05) is 0 Å². The molecule has 1 unspecified atom stereocenters. The minimum Gasteiger partial charge on any atom is -0.147 e. The fourth-order valence-corrected chi connectivity index (χ4v) is 4.49. The molecule has 2 aromatic rings. The van der Waals surface area contributed by atoms with Crippen LogP contribution in [-0.4, -0.2) is 0 Å². The maximum absolute atomic E-state index is 5.98. The maximum Gasteiger partial charge on any atom is 0.0887 e. The van der Waals surface area contributed by atoms with Gasteiger partial charge in [-0.25, -0.2) is 0 Å². The lowest BCUT2D eigenvalue weighted by atomic mass is 10.3. The molecule has 0 radical (unpaired) electrons. The van der Waals surface area contributed by atoms with Gasteiger partial charge in [0.2, 0.25) is 0 Å². The Labute approximate surface area is 112 Å². The van der Waals surface area contributed by atoms with Crippen LogP contribution < -0.4 is 0 Å². The molecule has 14 heavy (non-hydrogen) atoms. The van der Waals surface area contributed by atoms with Gasteiger partial charge in [-0.05, 0) is 33.4 Å². The van der Waals surface area contributed by atoms with Crippen LogP contribution >= 0.6 is 66.1 Å². The first-order valence-electron chi connectivity index (χ1n) is 3.80. The zero-order valence-electron chi connectivity index (χ0n) is 6.84. The summed E-state index contributed by atoms with van der Waals surface area (Å²) in [6.07, 6.45) is 0. The van der Waals surface area contributed by atoms with Gasteiger partial charge in [-0.3, -0.25) is 0 Å². The lowest BCUT2D eigenvalue weighted by molar-refractivity contribution is 1.29. The Bertz CT molecular complexity index is 402. The highest BCUT2D eigenvalue weighted by Gasteiger charge is 2.15. The van der Waals surface area contributed by atoms with Crippen molar-refractivity contribution in [2.45, 2.75) is 4.83 Å². The lowest BCUT2D eigenvalue weighted by Gasteiger charge is -2.02. The summed E-state index contributed by atoms with van der Waals surface area (Å²) in [4.78, 5) is 2.79. The van der Waals surface area contributed by atoms with Gasteiger partial charge in [0.05, 0.1) is 13.6 Å². The van der Waals surface area contributed by atoms with Crippen LogP contribution in [0.5, 0.6) is 0 Å². The van der Waals surface area contributed by atoms with Crippen LogP contribution in [0.15, 0.2) is 27.4 Å². The van der Waals surface area contributed by atoms with Gasteiger partial charge in [0.1, 0.15) is 0 Å². The molecule has 0 amide bonds. The zero-order chi connectivity index (χ0) is 10.1. The monoisotopic (exact) mass is 370 g/mol. The average molecular weight is 373 g/mol. The van der Waals surface area contributed by atoms with Crippen molar-refractivity contribution in [1.82, 2.24) is 0 Å². The Hall–Kier alpha value is 0.650. The van der Waals surface area contributed by atoms with Gasteiger partial charge < -0.3 is 0 Å². The molecule has 0 spiro atoms. The van der Waals surface area contributed by atoms with E-state index >= 15 is 0 Å². The summed E-state index contributed by atoms with van der Waals surface area (Å²) < 4.78 is 0.996. The van der Waals surface area contributed by atoms with Crippen LogP contribution in [0.3, 0.4) is 0 Å². The van der Waals surface area contributed by atoms with Crippen LogP contribution in [0, 0.1) is 0 Å². The number of thiophene rings is 2. The van der Waals surface area contributed by atoms with Gasteiger partial charge >= 0.3 is 0 Å². The van der Waals surface area contributed by atoms with E-state index in [1.54, 1.807) is 22.7 Å². The van der Waals surface area contributed by atoms with Crippen molar-refractivity contribution in [3.05, 3.63) is 42.1 Å². The van der Waals surface area contributed by atoms with Crippen molar-refractivity contribution in [1.29, 1.82) is 0 Å². The minimum atomic E-state index is 0.260. The van der Waals surface area contributed by atoms with Crippen molar-refractivity contribution in [3.8, 4) is 0 Å². The van der Waals surface area contributed by atoms with Gasteiger partial charge in [0.15, 0.2) is 0 Å². The molecule has 0 aliphatic carbocycles. The molecule has 5 heteroatoms. The van der Waals surface area contributed by atoms with E-state index < -0.39 is 0 Å².